The Kier molecular flexibility index (Phi) is 8.61. The summed E-state index contributed by atoms with van der Waals surface area (Å²) >= 11 is 2.25. The number of hydrogen-bond donors (Lipinski definition) is 2. The van der Waals surface area contributed by atoms with Crippen LogP contribution in [0, 0.1) is 3.57 Å². The highest BCUT2D eigenvalue weighted by atomic mass is 127. The number of halogens is 2. The van der Waals surface area contributed by atoms with Crippen LogP contribution in [-0.2, 0) is 11.2 Å². The van der Waals surface area contributed by atoms with Crippen molar-refractivity contribution in [3.8, 4) is 0 Å². The first-order valence-corrected chi connectivity index (χ1v) is 7.37. The molecule has 0 spiro atoms. The van der Waals surface area contributed by atoms with Gasteiger partial charge < -0.3 is 11.1 Å². The molecule has 0 atom stereocenters. The molecule has 0 heterocycles. The molecule has 1 rings (SSSR count). The van der Waals surface area contributed by atoms with E-state index in [9.17, 15) is 4.79 Å². The Morgan fingerprint density at radius 3 is 2.53 bits per heavy atom. The summed E-state index contributed by atoms with van der Waals surface area (Å²) < 4.78 is 1.15. The summed E-state index contributed by atoms with van der Waals surface area (Å²) in [7, 11) is 0. The average Bonchev–Trinajstić information content (AvgIpc) is 2.36. The molecule has 19 heavy (non-hydrogen) atoms. The van der Waals surface area contributed by atoms with Crippen LogP contribution in [0.15, 0.2) is 24.3 Å². The number of nitrogens with two attached hydrogens (primary N) is 1. The standard InChI is InChI=1S/C14H21IN2O.ClH/c1-3-14(16,4-2)10-17-13(18)9-11-6-5-7-12(15)8-11;/h5-8H,3-4,9-10,16H2,1-2H3,(H,17,18);1H. The van der Waals surface area contributed by atoms with Crippen molar-refractivity contribution in [2.45, 2.75) is 38.6 Å². The Hall–Kier alpha value is -0.330. The third-order valence-corrected chi connectivity index (χ3v) is 3.97. The average molecular weight is 397 g/mol. The first-order chi connectivity index (χ1) is 8.49. The zero-order chi connectivity index (χ0) is 13.6. The molecule has 0 fully saturated rings. The molecule has 0 bridgehead atoms. The van der Waals surface area contributed by atoms with Crippen LogP contribution in [0.5, 0.6) is 0 Å². The summed E-state index contributed by atoms with van der Waals surface area (Å²) in [5, 5.41) is 2.93. The van der Waals surface area contributed by atoms with Gasteiger partial charge in [-0.15, -0.1) is 12.4 Å². The second kappa shape index (κ2) is 8.76. The minimum atomic E-state index is -0.277. The molecule has 0 aliphatic carbocycles. The Morgan fingerprint density at radius 1 is 1.37 bits per heavy atom. The second-order valence-electron chi connectivity index (χ2n) is 4.65. The Balaban J connectivity index is 0.00000324. The molecular weight excluding hydrogens is 375 g/mol. The van der Waals surface area contributed by atoms with Gasteiger partial charge in [-0.3, -0.25) is 4.79 Å². The van der Waals surface area contributed by atoms with Crippen LogP contribution >= 0.6 is 35.0 Å². The first kappa shape index (κ1) is 18.7. The van der Waals surface area contributed by atoms with Crippen molar-refractivity contribution in [2.24, 2.45) is 5.73 Å². The lowest BCUT2D eigenvalue weighted by Crippen LogP contribution is -2.49. The molecule has 1 aromatic carbocycles. The first-order valence-electron chi connectivity index (χ1n) is 6.29. The minimum absolute atomic E-state index is 0. The van der Waals surface area contributed by atoms with Crippen molar-refractivity contribution in [3.05, 3.63) is 33.4 Å². The van der Waals surface area contributed by atoms with Gasteiger partial charge in [0.1, 0.15) is 0 Å². The van der Waals surface area contributed by atoms with E-state index in [-0.39, 0.29) is 23.9 Å². The van der Waals surface area contributed by atoms with E-state index in [1.54, 1.807) is 0 Å². The van der Waals surface area contributed by atoms with Gasteiger partial charge in [-0.05, 0) is 53.1 Å². The molecule has 1 amide bonds. The van der Waals surface area contributed by atoms with Gasteiger partial charge in [0.05, 0.1) is 6.42 Å². The predicted octanol–water partition coefficient (Wildman–Crippen LogP) is 2.89. The molecule has 0 saturated carbocycles. The number of amides is 1. The highest BCUT2D eigenvalue weighted by Crippen LogP contribution is 2.10. The topological polar surface area (TPSA) is 55.1 Å². The van der Waals surface area contributed by atoms with Gasteiger partial charge in [-0.2, -0.15) is 0 Å². The van der Waals surface area contributed by atoms with E-state index in [4.69, 9.17) is 5.73 Å². The highest BCUT2D eigenvalue weighted by Gasteiger charge is 2.20. The zero-order valence-corrected chi connectivity index (χ0v) is 14.4. The van der Waals surface area contributed by atoms with Gasteiger partial charge in [0.2, 0.25) is 5.91 Å². The van der Waals surface area contributed by atoms with E-state index in [1.165, 1.54) is 0 Å². The normalized spacial score (nSPS) is 10.7. The smallest absolute Gasteiger partial charge is 0.224 e. The Labute approximate surface area is 135 Å². The monoisotopic (exact) mass is 396 g/mol. The number of rotatable bonds is 6. The molecule has 1 aromatic rings. The predicted molar refractivity (Wildman–Crippen MR) is 90.6 cm³/mol. The molecule has 0 aliphatic heterocycles. The maximum absolute atomic E-state index is 11.8. The molecule has 3 nitrogen and oxygen atoms in total. The van der Waals surface area contributed by atoms with Crippen LogP contribution in [0.1, 0.15) is 32.3 Å². The largest absolute Gasteiger partial charge is 0.354 e. The lowest BCUT2D eigenvalue weighted by atomic mass is 9.94. The summed E-state index contributed by atoms with van der Waals surface area (Å²) in [6.45, 7) is 4.65. The molecule has 0 saturated heterocycles. The lowest BCUT2D eigenvalue weighted by Gasteiger charge is -2.26. The van der Waals surface area contributed by atoms with Crippen LogP contribution in [0.3, 0.4) is 0 Å². The third kappa shape index (κ3) is 6.58. The molecule has 3 N–H and O–H groups in total. The zero-order valence-electron chi connectivity index (χ0n) is 11.4. The van der Waals surface area contributed by atoms with Crippen LogP contribution in [-0.4, -0.2) is 18.0 Å². The lowest BCUT2D eigenvalue weighted by molar-refractivity contribution is -0.120. The summed E-state index contributed by atoms with van der Waals surface area (Å²) in [5.74, 6) is 0.0359. The minimum Gasteiger partial charge on any atom is -0.354 e. The summed E-state index contributed by atoms with van der Waals surface area (Å²) in [5.41, 5.74) is 6.91. The van der Waals surface area contributed by atoms with E-state index in [1.807, 2.05) is 24.3 Å². The van der Waals surface area contributed by atoms with Gasteiger partial charge >= 0.3 is 0 Å². The highest BCUT2D eigenvalue weighted by molar-refractivity contribution is 14.1. The van der Waals surface area contributed by atoms with E-state index >= 15 is 0 Å². The molecule has 0 radical (unpaired) electrons. The molecule has 0 aliphatic rings. The fraction of sp³-hybridized carbons (Fsp3) is 0.500. The number of nitrogens with one attached hydrogen (secondary N) is 1. The number of hydrogen-bond acceptors (Lipinski definition) is 2. The SMILES string of the molecule is CCC(N)(CC)CNC(=O)Cc1cccc(I)c1.Cl. The summed E-state index contributed by atoms with van der Waals surface area (Å²) in [6, 6.07) is 7.98. The van der Waals surface area contributed by atoms with Crippen molar-refractivity contribution in [1.29, 1.82) is 0 Å². The second-order valence-corrected chi connectivity index (χ2v) is 5.90. The quantitative estimate of drug-likeness (QED) is 0.727. The fourth-order valence-electron chi connectivity index (χ4n) is 1.67. The van der Waals surface area contributed by atoms with Gasteiger partial charge in [0, 0.05) is 15.7 Å². The van der Waals surface area contributed by atoms with Gasteiger partial charge in [0.15, 0.2) is 0 Å². The van der Waals surface area contributed by atoms with Gasteiger partial charge in [0.25, 0.3) is 0 Å². The number of carbonyl (C=O) groups excluding carboxylic acids is 1. The van der Waals surface area contributed by atoms with E-state index in [0.29, 0.717) is 13.0 Å². The van der Waals surface area contributed by atoms with Crippen LogP contribution in [0.25, 0.3) is 0 Å². The molecule has 0 unspecified atom stereocenters. The van der Waals surface area contributed by atoms with E-state index in [0.717, 1.165) is 22.0 Å². The van der Waals surface area contributed by atoms with Crippen molar-refractivity contribution in [2.75, 3.05) is 6.54 Å². The Bertz CT molecular complexity index is 408. The molecule has 5 heteroatoms. The number of carbonyl (C=O) groups is 1. The maximum Gasteiger partial charge on any atom is 0.224 e. The molecule has 0 aromatic heterocycles. The maximum atomic E-state index is 11.8. The van der Waals surface area contributed by atoms with Crippen LogP contribution in [0.4, 0.5) is 0 Å². The van der Waals surface area contributed by atoms with Crippen molar-refractivity contribution < 1.29 is 4.79 Å². The third-order valence-electron chi connectivity index (χ3n) is 3.30. The summed E-state index contributed by atoms with van der Waals surface area (Å²) in [4.78, 5) is 11.8. The van der Waals surface area contributed by atoms with Crippen LogP contribution in [0.2, 0.25) is 0 Å². The van der Waals surface area contributed by atoms with Crippen molar-refractivity contribution in [3.63, 3.8) is 0 Å². The van der Waals surface area contributed by atoms with Crippen molar-refractivity contribution >= 4 is 40.9 Å². The van der Waals surface area contributed by atoms with Crippen molar-refractivity contribution in [1.82, 2.24) is 5.32 Å². The Morgan fingerprint density at radius 2 is 2.00 bits per heavy atom. The van der Waals surface area contributed by atoms with Gasteiger partial charge in [-0.25, -0.2) is 0 Å². The molecular formula is C14H22ClIN2O. The summed E-state index contributed by atoms with van der Waals surface area (Å²) in [6.07, 6.45) is 2.15. The van der Waals surface area contributed by atoms with Gasteiger partial charge in [-0.1, -0.05) is 26.0 Å². The van der Waals surface area contributed by atoms with E-state index in [2.05, 4.69) is 41.8 Å². The fourth-order valence-corrected chi connectivity index (χ4v) is 2.28. The molecule has 108 valence electrons. The van der Waals surface area contributed by atoms with Crippen LogP contribution < -0.4 is 11.1 Å². The number of benzene rings is 1. The van der Waals surface area contributed by atoms with E-state index < -0.39 is 0 Å².